The van der Waals surface area contributed by atoms with E-state index in [2.05, 4.69) is 31.1 Å². The molecule has 110 valence electrons. The summed E-state index contributed by atoms with van der Waals surface area (Å²) in [5.41, 5.74) is 0.956. The van der Waals surface area contributed by atoms with E-state index in [9.17, 15) is 4.79 Å². The molecule has 1 unspecified atom stereocenters. The maximum absolute atomic E-state index is 12.2. The Morgan fingerprint density at radius 2 is 2.40 bits per heavy atom. The largest absolute Gasteiger partial charge is 0.378 e. The second-order valence-electron chi connectivity index (χ2n) is 5.19. The van der Waals surface area contributed by atoms with Gasteiger partial charge in [0, 0.05) is 29.8 Å². The molecule has 1 N–H and O–H groups in total. The molecule has 5 nitrogen and oxygen atoms in total. The highest BCUT2D eigenvalue weighted by Crippen LogP contribution is 2.13. The number of amides is 1. The van der Waals surface area contributed by atoms with Crippen molar-refractivity contribution in [3.8, 4) is 0 Å². The van der Waals surface area contributed by atoms with Crippen LogP contribution in [0.4, 0.5) is 0 Å². The van der Waals surface area contributed by atoms with E-state index in [0.717, 1.165) is 16.7 Å². The first-order valence-corrected chi connectivity index (χ1v) is 7.58. The molecule has 20 heavy (non-hydrogen) atoms. The molecule has 0 bridgehead atoms. The van der Waals surface area contributed by atoms with Crippen LogP contribution in [0.5, 0.6) is 0 Å². The molecule has 6 heteroatoms. The van der Waals surface area contributed by atoms with Gasteiger partial charge >= 0.3 is 0 Å². The number of nitrogens with zero attached hydrogens (tertiary/aromatic N) is 2. The summed E-state index contributed by atoms with van der Waals surface area (Å²) in [6, 6.07) is 3.83. The molecule has 1 aromatic heterocycles. The minimum absolute atomic E-state index is 0.0248. The molecule has 1 atom stereocenters. The van der Waals surface area contributed by atoms with Crippen molar-refractivity contribution in [1.29, 1.82) is 0 Å². The van der Waals surface area contributed by atoms with Crippen molar-refractivity contribution in [2.24, 2.45) is 0 Å². The smallest absolute Gasteiger partial charge is 0.239 e. The Hall–Kier alpha value is -0.980. The van der Waals surface area contributed by atoms with E-state index in [1.54, 1.807) is 6.20 Å². The highest BCUT2D eigenvalue weighted by Gasteiger charge is 2.29. The molecular formula is C14H20BrN3O2. The predicted octanol–water partition coefficient (Wildman–Crippen LogP) is 1.57. The van der Waals surface area contributed by atoms with E-state index in [-0.39, 0.29) is 18.0 Å². The summed E-state index contributed by atoms with van der Waals surface area (Å²) in [4.78, 5) is 18.7. The number of carbonyl (C=O) groups is 1. The van der Waals surface area contributed by atoms with Crippen LogP contribution in [0.25, 0.3) is 0 Å². The Bertz CT molecular complexity index is 450. The van der Waals surface area contributed by atoms with Gasteiger partial charge in [-0.2, -0.15) is 0 Å². The van der Waals surface area contributed by atoms with Crippen molar-refractivity contribution in [3.05, 3.63) is 28.5 Å². The lowest BCUT2D eigenvalue weighted by atomic mass is 10.2. The Kier molecular flexibility index (Phi) is 5.51. The first-order valence-electron chi connectivity index (χ1n) is 6.79. The van der Waals surface area contributed by atoms with E-state index < -0.39 is 0 Å². The quantitative estimate of drug-likeness (QED) is 0.903. The average Bonchev–Trinajstić information content (AvgIpc) is 2.41. The summed E-state index contributed by atoms with van der Waals surface area (Å²) in [5.74, 6) is 0.0248. The second kappa shape index (κ2) is 7.15. The Balaban J connectivity index is 2.03. The van der Waals surface area contributed by atoms with E-state index >= 15 is 0 Å². The summed E-state index contributed by atoms with van der Waals surface area (Å²) < 4.78 is 6.40. The van der Waals surface area contributed by atoms with Gasteiger partial charge < -0.3 is 10.1 Å². The highest BCUT2D eigenvalue weighted by atomic mass is 79.9. The minimum atomic E-state index is -0.239. The lowest BCUT2D eigenvalue weighted by molar-refractivity contribution is -0.133. The number of rotatable bonds is 4. The molecule has 1 aliphatic heterocycles. The van der Waals surface area contributed by atoms with Crippen molar-refractivity contribution in [2.45, 2.75) is 32.5 Å². The van der Waals surface area contributed by atoms with Crippen molar-refractivity contribution >= 4 is 21.8 Å². The predicted molar refractivity (Wildman–Crippen MR) is 80.2 cm³/mol. The molecular weight excluding hydrogens is 322 g/mol. The molecule has 0 saturated carbocycles. The molecule has 1 aromatic rings. The van der Waals surface area contributed by atoms with Gasteiger partial charge in [-0.25, -0.2) is 0 Å². The summed E-state index contributed by atoms with van der Waals surface area (Å²) in [6.07, 6.45) is 1.78. The van der Waals surface area contributed by atoms with Gasteiger partial charge in [0.1, 0.15) is 6.04 Å². The van der Waals surface area contributed by atoms with Crippen molar-refractivity contribution in [1.82, 2.24) is 15.2 Å². The van der Waals surface area contributed by atoms with Gasteiger partial charge in [0.25, 0.3) is 0 Å². The third-order valence-electron chi connectivity index (χ3n) is 3.13. The SMILES string of the molecule is CC(C)NC(=O)C1COCCN1Cc1ccc(Br)cn1. The second-order valence-corrected chi connectivity index (χ2v) is 6.11. The standard InChI is InChI=1S/C14H20BrN3O2/c1-10(2)17-14(19)13-9-20-6-5-18(13)8-12-4-3-11(15)7-16-12/h3-4,7,10,13H,5-6,8-9H2,1-2H3,(H,17,19). The fraction of sp³-hybridized carbons (Fsp3) is 0.571. The zero-order chi connectivity index (χ0) is 14.5. The number of morpholine rings is 1. The van der Waals surface area contributed by atoms with Gasteiger partial charge in [0.2, 0.25) is 5.91 Å². The highest BCUT2D eigenvalue weighted by molar-refractivity contribution is 9.10. The molecule has 1 amide bonds. The van der Waals surface area contributed by atoms with Crippen LogP contribution in [0.2, 0.25) is 0 Å². The number of nitrogens with one attached hydrogen (secondary N) is 1. The minimum Gasteiger partial charge on any atom is -0.378 e. The fourth-order valence-corrected chi connectivity index (χ4v) is 2.39. The molecule has 0 aromatic carbocycles. The van der Waals surface area contributed by atoms with Gasteiger partial charge in [0.05, 0.1) is 18.9 Å². The monoisotopic (exact) mass is 341 g/mol. The van der Waals surface area contributed by atoms with Crippen LogP contribution in [0, 0.1) is 0 Å². The first kappa shape index (κ1) is 15.4. The zero-order valence-corrected chi connectivity index (χ0v) is 13.4. The maximum Gasteiger partial charge on any atom is 0.239 e. The number of hydrogen-bond donors (Lipinski definition) is 1. The van der Waals surface area contributed by atoms with Crippen LogP contribution < -0.4 is 5.32 Å². The summed E-state index contributed by atoms with van der Waals surface area (Å²) in [6.45, 7) is 6.42. The maximum atomic E-state index is 12.2. The van der Waals surface area contributed by atoms with Crippen molar-refractivity contribution < 1.29 is 9.53 Å². The van der Waals surface area contributed by atoms with Crippen LogP contribution in [0.15, 0.2) is 22.8 Å². The zero-order valence-electron chi connectivity index (χ0n) is 11.8. The molecule has 1 aliphatic rings. The molecule has 0 aliphatic carbocycles. The molecule has 1 saturated heterocycles. The van der Waals surface area contributed by atoms with Crippen LogP contribution in [-0.4, -0.2) is 47.6 Å². The van der Waals surface area contributed by atoms with E-state index in [1.807, 2.05) is 26.0 Å². The number of pyridine rings is 1. The van der Waals surface area contributed by atoms with E-state index in [1.165, 1.54) is 0 Å². The molecule has 0 spiro atoms. The van der Waals surface area contributed by atoms with Crippen LogP contribution in [0.1, 0.15) is 19.5 Å². The van der Waals surface area contributed by atoms with E-state index in [4.69, 9.17) is 4.74 Å². The first-order chi connectivity index (χ1) is 9.56. The van der Waals surface area contributed by atoms with Crippen molar-refractivity contribution in [3.63, 3.8) is 0 Å². The third kappa shape index (κ3) is 4.26. The van der Waals surface area contributed by atoms with Gasteiger partial charge in [-0.1, -0.05) is 0 Å². The topological polar surface area (TPSA) is 54.5 Å². The van der Waals surface area contributed by atoms with Gasteiger partial charge in [-0.3, -0.25) is 14.7 Å². The summed E-state index contributed by atoms with van der Waals surface area (Å²) in [7, 11) is 0. The van der Waals surface area contributed by atoms with Gasteiger partial charge in [-0.15, -0.1) is 0 Å². The van der Waals surface area contributed by atoms with Crippen LogP contribution in [-0.2, 0) is 16.1 Å². The molecule has 2 rings (SSSR count). The lowest BCUT2D eigenvalue weighted by Gasteiger charge is -2.34. The van der Waals surface area contributed by atoms with Crippen LogP contribution in [0.3, 0.4) is 0 Å². The van der Waals surface area contributed by atoms with Crippen LogP contribution >= 0.6 is 15.9 Å². The van der Waals surface area contributed by atoms with Crippen molar-refractivity contribution in [2.75, 3.05) is 19.8 Å². The normalized spacial score (nSPS) is 20.1. The van der Waals surface area contributed by atoms with Gasteiger partial charge in [-0.05, 0) is 41.9 Å². The summed E-state index contributed by atoms with van der Waals surface area (Å²) >= 11 is 3.37. The molecule has 0 radical (unpaired) electrons. The lowest BCUT2D eigenvalue weighted by Crippen LogP contribution is -2.54. The molecule has 2 heterocycles. The third-order valence-corrected chi connectivity index (χ3v) is 3.60. The number of aromatic nitrogens is 1. The van der Waals surface area contributed by atoms with E-state index in [0.29, 0.717) is 19.8 Å². The fourth-order valence-electron chi connectivity index (χ4n) is 2.16. The number of ether oxygens (including phenoxy) is 1. The Morgan fingerprint density at radius 1 is 1.60 bits per heavy atom. The number of hydrogen-bond acceptors (Lipinski definition) is 4. The average molecular weight is 342 g/mol. The Labute approximate surface area is 127 Å². The Morgan fingerprint density at radius 3 is 3.05 bits per heavy atom. The number of carbonyl (C=O) groups excluding carboxylic acids is 1. The summed E-state index contributed by atoms with van der Waals surface area (Å²) in [5, 5.41) is 2.95. The van der Waals surface area contributed by atoms with Gasteiger partial charge in [0.15, 0.2) is 0 Å². The number of halogens is 1. The molecule has 1 fully saturated rings.